The van der Waals surface area contributed by atoms with Gasteiger partial charge in [0.1, 0.15) is 11.2 Å². The van der Waals surface area contributed by atoms with E-state index in [1.165, 1.54) is 113 Å². The van der Waals surface area contributed by atoms with Crippen LogP contribution in [0.25, 0.3) is 130 Å². The minimum Gasteiger partial charge on any atom is -0.456 e. The minimum absolute atomic E-state index is 0.933. The Balaban J connectivity index is 1.05. The maximum atomic E-state index is 6.34. The highest BCUT2D eigenvalue weighted by atomic mass is 32.1. The molecule has 278 valence electrons. The third kappa shape index (κ3) is 4.92. The number of benzene rings is 11. The molecule has 0 N–H and O–H groups in total. The number of hydrogen-bond donors (Lipinski definition) is 0. The van der Waals surface area contributed by atoms with Gasteiger partial charge in [0.05, 0.1) is 0 Å². The molecule has 0 amide bonds. The molecule has 0 unspecified atom stereocenters. The largest absolute Gasteiger partial charge is 0.456 e. The molecular formula is C58H34OS. The van der Waals surface area contributed by atoms with Crippen molar-refractivity contribution >= 4 is 96.5 Å². The van der Waals surface area contributed by atoms with Crippen molar-refractivity contribution < 1.29 is 4.42 Å². The number of furan rings is 1. The van der Waals surface area contributed by atoms with Crippen LogP contribution in [0, 0.1) is 0 Å². The topological polar surface area (TPSA) is 13.1 Å². The Morgan fingerprint density at radius 3 is 1.52 bits per heavy atom. The standard InChI is InChI=1S/C58H34OS/c1-2-15-35(16-3-1)36-17-14-18-37(31-36)56-44-24-8-10-26-46(44)57(47-27-11-9-25-45(47)56)48-30-29-41(38-19-4-5-20-39(38)48)49-33-55-58(43-23-7-6-21-40(43)49)51-32-50-42-22-12-13-28-52(42)59-53(50)34-54(51)60-55/h1-34H. The summed E-state index contributed by atoms with van der Waals surface area (Å²) in [5, 5.41) is 15.0. The maximum Gasteiger partial charge on any atom is 0.136 e. The van der Waals surface area contributed by atoms with Gasteiger partial charge in [-0.3, -0.25) is 0 Å². The lowest BCUT2D eigenvalue weighted by Crippen LogP contribution is -1.93. The molecule has 13 aromatic rings. The second-order valence-corrected chi connectivity index (χ2v) is 17.0. The molecule has 0 aliphatic carbocycles. The Kier molecular flexibility index (Phi) is 7.24. The van der Waals surface area contributed by atoms with Crippen molar-refractivity contribution in [3.05, 3.63) is 206 Å². The highest BCUT2D eigenvalue weighted by molar-refractivity contribution is 7.26. The molecule has 1 nitrogen and oxygen atoms in total. The van der Waals surface area contributed by atoms with E-state index in [1.54, 1.807) is 0 Å². The van der Waals surface area contributed by atoms with Crippen LogP contribution in [0.1, 0.15) is 0 Å². The van der Waals surface area contributed by atoms with Crippen molar-refractivity contribution in [3.63, 3.8) is 0 Å². The van der Waals surface area contributed by atoms with E-state index in [0.717, 1.165) is 16.6 Å². The number of rotatable bonds is 4. The quantitative estimate of drug-likeness (QED) is 0.162. The Labute approximate surface area is 350 Å². The molecule has 0 saturated heterocycles. The predicted molar refractivity (Wildman–Crippen MR) is 258 cm³/mol. The van der Waals surface area contributed by atoms with Gasteiger partial charge in [0.2, 0.25) is 0 Å². The van der Waals surface area contributed by atoms with E-state index < -0.39 is 0 Å². The first-order chi connectivity index (χ1) is 29.8. The van der Waals surface area contributed by atoms with Gasteiger partial charge in [0.25, 0.3) is 0 Å². The minimum atomic E-state index is 0.933. The van der Waals surface area contributed by atoms with Crippen molar-refractivity contribution in [2.24, 2.45) is 0 Å². The Bertz CT molecular complexity index is 3830. The first-order valence-corrected chi connectivity index (χ1v) is 21.4. The normalized spacial score (nSPS) is 12.0. The lowest BCUT2D eigenvalue weighted by atomic mass is 9.83. The van der Waals surface area contributed by atoms with E-state index in [1.807, 2.05) is 17.4 Å². The number of hydrogen-bond acceptors (Lipinski definition) is 2. The Hall–Kier alpha value is -7.52. The van der Waals surface area contributed by atoms with Gasteiger partial charge in [-0.05, 0) is 118 Å². The summed E-state index contributed by atoms with van der Waals surface area (Å²) in [4.78, 5) is 0. The molecule has 0 radical (unpaired) electrons. The van der Waals surface area contributed by atoms with Gasteiger partial charge in [-0.2, -0.15) is 0 Å². The van der Waals surface area contributed by atoms with Crippen molar-refractivity contribution in [3.8, 4) is 44.5 Å². The van der Waals surface area contributed by atoms with Crippen molar-refractivity contribution in [2.45, 2.75) is 0 Å². The second-order valence-electron chi connectivity index (χ2n) is 15.9. The van der Waals surface area contributed by atoms with E-state index in [0.29, 0.717) is 0 Å². The Morgan fingerprint density at radius 2 is 0.800 bits per heavy atom. The van der Waals surface area contributed by atoms with Gasteiger partial charge in [-0.1, -0.05) is 176 Å². The first kappa shape index (κ1) is 33.5. The smallest absolute Gasteiger partial charge is 0.136 e. The van der Waals surface area contributed by atoms with E-state index in [-0.39, 0.29) is 0 Å². The van der Waals surface area contributed by atoms with Crippen molar-refractivity contribution in [1.82, 2.24) is 0 Å². The molecular weight excluding hydrogens is 745 g/mol. The molecule has 11 aromatic carbocycles. The van der Waals surface area contributed by atoms with Crippen molar-refractivity contribution in [1.29, 1.82) is 0 Å². The van der Waals surface area contributed by atoms with Gasteiger partial charge in [0.15, 0.2) is 0 Å². The monoisotopic (exact) mass is 778 g/mol. The third-order valence-electron chi connectivity index (χ3n) is 12.7. The molecule has 2 heteroatoms. The van der Waals surface area contributed by atoms with E-state index in [9.17, 15) is 0 Å². The van der Waals surface area contributed by atoms with Crippen molar-refractivity contribution in [2.75, 3.05) is 0 Å². The SMILES string of the molecule is c1ccc(-c2cccc(-c3c4ccccc4c(-c4ccc(-c5cc6sc7cc8oc9ccccc9c8cc7c6c6ccccc56)c5ccccc45)c4ccccc34)c2)cc1. The fraction of sp³-hybridized carbons (Fsp3) is 0. The predicted octanol–water partition coefficient (Wildman–Crippen LogP) is 17.2. The molecule has 2 aromatic heterocycles. The summed E-state index contributed by atoms with van der Waals surface area (Å²) in [6, 6.07) is 75.8. The number of thiophene rings is 1. The molecule has 0 aliphatic heterocycles. The Morgan fingerprint density at radius 1 is 0.267 bits per heavy atom. The summed E-state index contributed by atoms with van der Waals surface area (Å²) >= 11 is 1.86. The summed E-state index contributed by atoms with van der Waals surface area (Å²) in [5.41, 5.74) is 11.8. The summed E-state index contributed by atoms with van der Waals surface area (Å²) in [5.74, 6) is 0. The van der Waals surface area contributed by atoms with Crippen LogP contribution in [-0.2, 0) is 0 Å². The van der Waals surface area contributed by atoms with Crippen LogP contribution >= 0.6 is 11.3 Å². The van der Waals surface area contributed by atoms with Gasteiger partial charge in [0, 0.05) is 30.9 Å². The van der Waals surface area contributed by atoms with Gasteiger partial charge in [-0.15, -0.1) is 11.3 Å². The lowest BCUT2D eigenvalue weighted by molar-refractivity contribution is 0.669. The highest BCUT2D eigenvalue weighted by Crippen LogP contribution is 2.49. The van der Waals surface area contributed by atoms with Crippen LogP contribution in [0.5, 0.6) is 0 Å². The van der Waals surface area contributed by atoms with Gasteiger partial charge in [-0.25, -0.2) is 0 Å². The van der Waals surface area contributed by atoms with Crippen LogP contribution in [-0.4, -0.2) is 0 Å². The van der Waals surface area contributed by atoms with Crippen LogP contribution in [0.2, 0.25) is 0 Å². The van der Waals surface area contributed by atoms with E-state index in [2.05, 4.69) is 200 Å². The fourth-order valence-electron chi connectivity index (χ4n) is 10.0. The zero-order chi connectivity index (χ0) is 39.3. The lowest BCUT2D eigenvalue weighted by Gasteiger charge is -2.20. The maximum absolute atomic E-state index is 6.34. The van der Waals surface area contributed by atoms with Crippen LogP contribution in [0.3, 0.4) is 0 Å². The second kappa shape index (κ2) is 13.0. The zero-order valence-electron chi connectivity index (χ0n) is 32.4. The summed E-state index contributed by atoms with van der Waals surface area (Å²) in [6.45, 7) is 0. The molecule has 0 aliphatic rings. The van der Waals surface area contributed by atoms with E-state index in [4.69, 9.17) is 4.42 Å². The number of fused-ring (bicyclic) bond motifs is 11. The molecule has 0 bridgehead atoms. The average molecular weight is 779 g/mol. The summed E-state index contributed by atoms with van der Waals surface area (Å²) in [7, 11) is 0. The van der Waals surface area contributed by atoms with Gasteiger partial charge < -0.3 is 4.42 Å². The van der Waals surface area contributed by atoms with Gasteiger partial charge >= 0.3 is 0 Å². The van der Waals surface area contributed by atoms with Crippen LogP contribution in [0.15, 0.2) is 211 Å². The fourth-order valence-corrected chi connectivity index (χ4v) is 11.2. The third-order valence-corrected chi connectivity index (χ3v) is 13.7. The average Bonchev–Trinajstić information content (AvgIpc) is 3.87. The molecule has 60 heavy (non-hydrogen) atoms. The van der Waals surface area contributed by atoms with E-state index >= 15 is 0 Å². The molecule has 2 heterocycles. The molecule has 0 saturated carbocycles. The molecule has 0 atom stereocenters. The molecule has 0 fully saturated rings. The molecule has 0 spiro atoms. The zero-order valence-corrected chi connectivity index (χ0v) is 33.3. The highest BCUT2D eigenvalue weighted by Gasteiger charge is 2.21. The summed E-state index contributed by atoms with van der Waals surface area (Å²) in [6.07, 6.45) is 0. The molecule has 13 rings (SSSR count). The number of para-hydroxylation sites is 1. The van der Waals surface area contributed by atoms with Crippen LogP contribution < -0.4 is 0 Å². The van der Waals surface area contributed by atoms with Crippen LogP contribution in [0.4, 0.5) is 0 Å². The first-order valence-electron chi connectivity index (χ1n) is 20.6. The summed E-state index contributed by atoms with van der Waals surface area (Å²) < 4.78 is 8.87.